The van der Waals surface area contributed by atoms with E-state index in [0.29, 0.717) is 23.7 Å². The van der Waals surface area contributed by atoms with Crippen LogP contribution >= 0.6 is 11.3 Å². The second-order valence-corrected chi connectivity index (χ2v) is 10.3. The molecule has 0 saturated heterocycles. The number of amides is 1. The third-order valence-electron chi connectivity index (χ3n) is 5.04. The third-order valence-corrected chi connectivity index (χ3v) is 7.81. The molecular formula is C22H26N2O5S2. The Balaban J connectivity index is 1.85. The highest BCUT2D eigenvalue weighted by Crippen LogP contribution is 2.22. The number of thiazole rings is 1. The summed E-state index contributed by atoms with van der Waals surface area (Å²) < 4.78 is 38.3. The molecule has 9 heteroatoms. The minimum atomic E-state index is -3.59. The van der Waals surface area contributed by atoms with Crippen molar-refractivity contribution in [3.8, 4) is 5.75 Å². The van der Waals surface area contributed by atoms with Gasteiger partial charge in [-0.25, -0.2) is 8.42 Å². The number of nitrogens with zero attached hydrogens (tertiary/aromatic N) is 2. The third kappa shape index (κ3) is 5.41. The number of carbonyl (C=O) groups excluding carboxylic acids is 1. The van der Waals surface area contributed by atoms with Crippen molar-refractivity contribution < 1.29 is 22.7 Å². The molecule has 1 heterocycles. The average Bonchev–Trinajstić information content (AvgIpc) is 3.06. The molecule has 166 valence electrons. The van der Waals surface area contributed by atoms with Crippen LogP contribution in [0, 0.1) is 13.8 Å². The van der Waals surface area contributed by atoms with Crippen molar-refractivity contribution in [2.75, 3.05) is 26.6 Å². The average molecular weight is 463 g/mol. The van der Waals surface area contributed by atoms with Crippen molar-refractivity contribution >= 4 is 37.3 Å². The maximum Gasteiger partial charge on any atom is 0.249 e. The van der Waals surface area contributed by atoms with Gasteiger partial charge in [-0.1, -0.05) is 11.3 Å². The van der Waals surface area contributed by atoms with Crippen LogP contribution in [0.3, 0.4) is 0 Å². The zero-order chi connectivity index (χ0) is 22.6. The molecule has 7 nitrogen and oxygen atoms in total. The van der Waals surface area contributed by atoms with E-state index in [1.54, 1.807) is 19.2 Å². The van der Waals surface area contributed by atoms with Crippen LogP contribution in [0.4, 0.5) is 0 Å². The number of sulfone groups is 1. The summed E-state index contributed by atoms with van der Waals surface area (Å²) in [5.41, 5.74) is 3.30. The number of aromatic nitrogens is 1. The van der Waals surface area contributed by atoms with Crippen molar-refractivity contribution in [1.82, 2.24) is 4.57 Å². The van der Waals surface area contributed by atoms with E-state index >= 15 is 0 Å². The van der Waals surface area contributed by atoms with Crippen LogP contribution in [-0.4, -0.2) is 45.5 Å². The quantitative estimate of drug-likeness (QED) is 0.513. The van der Waals surface area contributed by atoms with Gasteiger partial charge in [0.05, 0.1) is 34.6 Å². The van der Waals surface area contributed by atoms with E-state index in [0.717, 1.165) is 21.3 Å². The summed E-state index contributed by atoms with van der Waals surface area (Å²) in [5, 5.41) is 0. The van der Waals surface area contributed by atoms with Gasteiger partial charge >= 0.3 is 0 Å². The van der Waals surface area contributed by atoms with Crippen LogP contribution in [0.1, 0.15) is 17.5 Å². The van der Waals surface area contributed by atoms with E-state index < -0.39 is 15.7 Å². The van der Waals surface area contributed by atoms with Crippen LogP contribution in [0.15, 0.2) is 46.3 Å². The van der Waals surface area contributed by atoms with E-state index in [2.05, 4.69) is 17.1 Å². The second kappa shape index (κ2) is 9.76. The second-order valence-electron chi connectivity index (χ2n) is 7.18. The highest BCUT2D eigenvalue weighted by Gasteiger charge is 2.17. The first kappa shape index (κ1) is 23.2. The smallest absolute Gasteiger partial charge is 0.249 e. The SMILES string of the molecule is COCCn1c(=NC(=O)CCS(=O)(=O)c2ccc(OC)cc2)sc2cc(C)c(C)cc21. The fourth-order valence-corrected chi connectivity index (χ4v) is 5.47. The lowest BCUT2D eigenvalue weighted by Gasteiger charge is -2.06. The molecule has 3 rings (SSSR count). The van der Waals surface area contributed by atoms with Gasteiger partial charge in [-0.3, -0.25) is 4.79 Å². The van der Waals surface area contributed by atoms with Gasteiger partial charge in [-0.15, -0.1) is 0 Å². The van der Waals surface area contributed by atoms with Crippen LogP contribution < -0.4 is 9.54 Å². The van der Waals surface area contributed by atoms with E-state index in [4.69, 9.17) is 9.47 Å². The topological polar surface area (TPSA) is 87.0 Å². The number of hydrogen-bond acceptors (Lipinski definition) is 6. The van der Waals surface area contributed by atoms with E-state index in [1.165, 1.54) is 30.6 Å². The summed E-state index contributed by atoms with van der Waals surface area (Å²) in [7, 11) is -0.458. The predicted octanol–water partition coefficient (Wildman–Crippen LogP) is 3.27. The fraction of sp³-hybridized carbons (Fsp3) is 0.364. The first-order chi connectivity index (χ1) is 14.7. The van der Waals surface area contributed by atoms with Gasteiger partial charge in [0.1, 0.15) is 5.75 Å². The number of fused-ring (bicyclic) bond motifs is 1. The Morgan fingerprint density at radius 3 is 2.42 bits per heavy atom. The highest BCUT2D eigenvalue weighted by atomic mass is 32.2. The molecule has 0 radical (unpaired) electrons. The molecule has 0 spiro atoms. The molecule has 0 aliphatic heterocycles. The Morgan fingerprint density at radius 2 is 1.77 bits per heavy atom. The van der Waals surface area contributed by atoms with Crippen LogP contribution in [-0.2, 0) is 25.9 Å². The van der Waals surface area contributed by atoms with Crippen molar-refractivity contribution in [3.63, 3.8) is 0 Å². The van der Waals surface area contributed by atoms with E-state index in [-0.39, 0.29) is 17.1 Å². The molecule has 0 saturated carbocycles. The molecule has 1 aromatic heterocycles. The van der Waals surface area contributed by atoms with Crippen molar-refractivity contribution in [3.05, 3.63) is 52.3 Å². The summed E-state index contributed by atoms with van der Waals surface area (Å²) in [6.07, 6.45) is -0.190. The molecule has 0 aliphatic rings. The van der Waals surface area contributed by atoms with E-state index in [1.807, 2.05) is 18.4 Å². The Hall–Kier alpha value is -2.49. The Morgan fingerprint density at radius 1 is 1.10 bits per heavy atom. The Bertz CT molecular complexity index is 1260. The van der Waals surface area contributed by atoms with Gasteiger partial charge in [0.25, 0.3) is 0 Å². The standard InChI is InChI=1S/C22H26N2O5S2/c1-15-13-19-20(14-16(15)2)30-22(24(19)10-11-28-3)23-21(25)9-12-31(26,27)18-7-5-17(29-4)6-8-18/h5-8,13-14H,9-12H2,1-4H3. The van der Waals surface area contributed by atoms with Gasteiger partial charge in [0.2, 0.25) is 5.91 Å². The minimum Gasteiger partial charge on any atom is -0.497 e. The maximum atomic E-state index is 12.6. The lowest BCUT2D eigenvalue weighted by molar-refractivity contribution is -0.117. The summed E-state index contributed by atoms with van der Waals surface area (Å²) in [6.45, 7) is 5.11. The first-order valence-electron chi connectivity index (χ1n) is 9.79. The van der Waals surface area contributed by atoms with Gasteiger partial charge in [0, 0.05) is 20.1 Å². The van der Waals surface area contributed by atoms with Gasteiger partial charge < -0.3 is 14.0 Å². The van der Waals surface area contributed by atoms with Crippen LogP contribution in [0.5, 0.6) is 5.75 Å². The number of rotatable bonds is 8. The van der Waals surface area contributed by atoms with Crippen molar-refractivity contribution in [2.24, 2.45) is 4.99 Å². The van der Waals surface area contributed by atoms with Crippen LogP contribution in [0.25, 0.3) is 10.2 Å². The highest BCUT2D eigenvalue weighted by molar-refractivity contribution is 7.91. The molecule has 0 fully saturated rings. The maximum absolute atomic E-state index is 12.6. The number of carbonyl (C=O) groups is 1. The monoisotopic (exact) mass is 462 g/mol. The zero-order valence-corrected chi connectivity index (χ0v) is 19.7. The summed E-state index contributed by atoms with van der Waals surface area (Å²) in [4.78, 5) is 17.5. The number of aryl methyl sites for hydroxylation is 2. The molecule has 0 N–H and O–H groups in total. The molecule has 3 aromatic rings. The van der Waals surface area contributed by atoms with Gasteiger partial charge in [-0.2, -0.15) is 4.99 Å². The Kier molecular flexibility index (Phi) is 7.30. The number of benzene rings is 2. The minimum absolute atomic E-state index is 0.157. The van der Waals surface area contributed by atoms with Gasteiger partial charge in [0.15, 0.2) is 14.6 Å². The normalized spacial score (nSPS) is 12.5. The molecule has 0 aliphatic carbocycles. The first-order valence-corrected chi connectivity index (χ1v) is 12.3. The zero-order valence-electron chi connectivity index (χ0n) is 18.0. The lowest BCUT2D eigenvalue weighted by atomic mass is 10.1. The lowest BCUT2D eigenvalue weighted by Crippen LogP contribution is -2.20. The largest absolute Gasteiger partial charge is 0.497 e. The molecular weight excluding hydrogens is 436 g/mol. The van der Waals surface area contributed by atoms with Crippen LogP contribution in [0.2, 0.25) is 0 Å². The molecule has 31 heavy (non-hydrogen) atoms. The van der Waals surface area contributed by atoms with Crippen molar-refractivity contribution in [2.45, 2.75) is 31.7 Å². The van der Waals surface area contributed by atoms with E-state index in [9.17, 15) is 13.2 Å². The molecule has 0 atom stereocenters. The molecule has 2 aromatic carbocycles. The number of hydrogen-bond donors (Lipinski definition) is 0. The summed E-state index contributed by atoms with van der Waals surface area (Å²) in [6, 6.07) is 10.3. The molecule has 1 amide bonds. The summed E-state index contributed by atoms with van der Waals surface area (Å²) >= 11 is 1.42. The predicted molar refractivity (Wildman–Crippen MR) is 121 cm³/mol. The van der Waals surface area contributed by atoms with Gasteiger partial charge in [-0.05, 0) is 61.4 Å². The Labute approximate surface area is 185 Å². The fourth-order valence-electron chi connectivity index (χ4n) is 3.09. The van der Waals surface area contributed by atoms with Crippen molar-refractivity contribution in [1.29, 1.82) is 0 Å². The molecule has 0 bridgehead atoms. The summed E-state index contributed by atoms with van der Waals surface area (Å²) in [5.74, 6) is -0.202. The molecule has 0 unspecified atom stereocenters. The number of methoxy groups -OCH3 is 2. The number of ether oxygens (including phenoxy) is 2.